The van der Waals surface area contributed by atoms with Crippen molar-refractivity contribution in [2.75, 3.05) is 5.32 Å². The first-order valence-electron chi connectivity index (χ1n) is 7.60. The Morgan fingerprint density at radius 2 is 1.88 bits per heavy atom. The number of anilines is 1. The molecule has 24 heavy (non-hydrogen) atoms. The molecule has 0 saturated heterocycles. The maximum absolute atomic E-state index is 13.2. The van der Waals surface area contributed by atoms with Crippen LogP contribution >= 0.6 is 0 Å². The summed E-state index contributed by atoms with van der Waals surface area (Å²) < 4.78 is 14.8. The minimum Gasteiger partial charge on any atom is -0.325 e. The molecule has 1 amide bonds. The molecule has 0 aliphatic carbocycles. The first-order valence-corrected chi connectivity index (χ1v) is 7.60. The molecule has 4 nitrogen and oxygen atoms in total. The number of fused-ring (bicyclic) bond motifs is 2. The number of nitrogens with zero attached hydrogens (tertiary/aromatic N) is 2. The molecular formula is C19H14FN3O. The highest BCUT2D eigenvalue weighted by Crippen LogP contribution is 2.23. The lowest BCUT2D eigenvalue weighted by Crippen LogP contribution is -2.14. The van der Waals surface area contributed by atoms with Gasteiger partial charge in [-0.2, -0.15) is 0 Å². The topological polar surface area (TPSA) is 46.4 Å². The number of hydrogen-bond acceptors (Lipinski definition) is 2. The Kier molecular flexibility index (Phi) is 3.46. The standard InChI is InChI=1S/C19H14FN3O/c20-14-8-9-18-21-15(12-23(18)11-14)10-19(24)22-17-7-3-5-13-4-1-2-6-16(13)17/h1-9,11-12H,10H2,(H,22,24). The fourth-order valence-electron chi connectivity index (χ4n) is 2.80. The van der Waals surface area contributed by atoms with Crippen LogP contribution in [0.15, 0.2) is 67.0 Å². The maximum Gasteiger partial charge on any atom is 0.230 e. The van der Waals surface area contributed by atoms with Gasteiger partial charge in [0.1, 0.15) is 11.5 Å². The number of halogens is 1. The molecule has 5 heteroatoms. The van der Waals surface area contributed by atoms with Gasteiger partial charge in [-0.1, -0.05) is 36.4 Å². The van der Waals surface area contributed by atoms with Crippen LogP contribution in [0.1, 0.15) is 5.69 Å². The molecule has 4 aromatic rings. The van der Waals surface area contributed by atoms with E-state index in [0.29, 0.717) is 11.3 Å². The summed E-state index contributed by atoms with van der Waals surface area (Å²) in [6.07, 6.45) is 3.14. The second-order valence-electron chi connectivity index (χ2n) is 5.60. The monoisotopic (exact) mass is 319 g/mol. The molecule has 0 aliphatic rings. The van der Waals surface area contributed by atoms with Gasteiger partial charge in [0.2, 0.25) is 5.91 Å². The maximum atomic E-state index is 13.2. The van der Waals surface area contributed by atoms with Gasteiger partial charge in [0, 0.05) is 23.5 Å². The van der Waals surface area contributed by atoms with E-state index in [1.807, 2.05) is 42.5 Å². The molecule has 4 rings (SSSR count). The third kappa shape index (κ3) is 2.72. The molecule has 0 atom stereocenters. The van der Waals surface area contributed by atoms with E-state index in [4.69, 9.17) is 0 Å². The Labute approximate surface area is 137 Å². The fraction of sp³-hybridized carbons (Fsp3) is 0.0526. The number of carbonyl (C=O) groups excluding carboxylic acids is 1. The Hall–Kier alpha value is -3.21. The number of rotatable bonds is 3. The van der Waals surface area contributed by atoms with Crippen molar-refractivity contribution in [3.8, 4) is 0 Å². The summed E-state index contributed by atoms with van der Waals surface area (Å²) in [5, 5.41) is 4.99. The lowest BCUT2D eigenvalue weighted by Gasteiger charge is -2.07. The van der Waals surface area contributed by atoms with Crippen molar-refractivity contribution in [2.45, 2.75) is 6.42 Å². The van der Waals surface area contributed by atoms with Crippen LogP contribution in [0.2, 0.25) is 0 Å². The number of benzene rings is 2. The molecule has 0 unspecified atom stereocenters. The van der Waals surface area contributed by atoms with Crippen molar-refractivity contribution >= 4 is 28.0 Å². The minimum absolute atomic E-state index is 0.131. The Morgan fingerprint density at radius 1 is 1.04 bits per heavy atom. The summed E-state index contributed by atoms with van der Waals surface area (Å²) in [6.45, 7) is 0. The molecule has 0 spiro atoms. The van der Waals surface area contributed by atoms with Gasteiger partial charge in [0.15, 0.2) is 0 Å². The van der Waals surface area contributed by atoms with Gasteiger partial charge in [0.25, 0.3) is 0 Å². The van der Waals surface area contributed by atoms with Crippen molar-refractivity contribution in [2.24, 2.45) is 0 Å². The Morgan fingerprint density at radius 3 is 2.79 bits per heavy atom. The van der Waals surface area contributed by atoms with Crippen molar-refractivity contribution in [3.63, 3.8) is 0 Å². The van der Waals surface area contributed by atoms with Crippen LogP contribution in [-0.4, -0.2) is 15.3 Å². The number of nitrogens with one attached hydrogen (secondary N) is 1. The average Bonchev–Trinajstić information content (AvgIpc) is 2.96. The van der Waals surface area contributed by atoms with E-state index < -0.39 is 0 Å². The second kappa shape index (κ2) is 5.77. The molecule has 2 aromatic heterocycles. The van der Waals surface area contributed by atoms with Gasteiger partial charge < -0.3 is 9.72 Å². The van der Waals surface area contributed by atoms with Crippen LogP contribution in [0.3, 0.4) is 0 Å². The number of carbonyl (C=O) groups is 1. The van der Waals surface area contributed by atoms with Gasteiger partial charge in [-0.15, -0.1) is 0 Å². The van der Waals surface area contributed by atoms with Gasteiger partial charge in [-0.25, -0.2) is 9.37 Å². The van der Waals surface area contributed by atoms with E-state index in [0.717, 1.165) is 16.5 Å². The van der Waals surface area contributed by atoms with Gasteiger partial charge in [-0.3, -0.25) is 4.79 Å². The first-order chi connectivity index (χ1) is 11.7. The van der Waals surface area contributed by atoms with Gasteiger partial charge >= 0.3 is 0 Å². The smallest absolute Gasteiger partial charge is 0.230 e. The van der Waals surface area contributed by atoms with Gasteiger partial charge in [-0.05, 0) is 23.6 Å². The SMILES string of the molecule is O=C(Cc1cn2cc(F)ccc2n1)Nc1cccc2ccccc12. The fourth-order valence-corrected chi connectivity index (χ4v) is 2.80. The van der Waals surface area contributed by atoms with Crippen molar-refractivity contribution < 1.29 is 9.18 Å². The zero-order valence-electron chi connectivity index (χ0n) is 12.7. The summed E-state index contributed by atoms with van der Waals surface area (Å²) in [5.74, 6) is -0.498. The lowest BCUT2D eigenvalue weighted by molar-refractivity contribution is -0.115. The molecule has 0 fully saturated rings. The highest BCUT2D eigenvalue weighted by Gasteiger charge is 2.10. The van der Waals surface area contributed by atoms with E-state index in [9.17, 15) is 9.18 Å². The molecular weight excluding hydrogens is 305 g/mol. The van der Waals surface area contributed by atoms with Crippen molar-refractivity contribution in [1.29, 1.82) is 0 Å². The van der Waals surface area contributed by atoms with E-state index in [2.05, 4.69) is 10.3 Å². The van der Waals surface area contributed by atoms with Crippen LogP contribution in [0.4, 0.5) is 10.1 Å². The predicted octanol–water partition coefficient (Wildman–Crippen LogP) is 3.81. The highest BCUT2D eigenvalue weighted by molar-refractivity contribution is 6.02. The van der Waals surface area contributed by atoms with Crippen molar-refractivity contribution in [1.82, 2.24) is 9.38 Å². The quantitative estimate of drug-likeness (QED) is 0.624. The lowest BCUT2D eigenvalue weighted by atomic mass is 10.1. The highest BCUT2D eigenvalue weighted by atomic mass is 19.1. The number of hydrogen-bond donors (Lipinski definition) is 1. The first kappa shape index (κ1) is 14.4. The second-order valence-corrected chi connectivity index (χ2v) is 5.60. The Bertz CT molecular complexity index is 1050. The van der Waals surface area contributed by atoms with Crippen LogP contribution < -0.4 is 5.32 Å². The number of amides is 1. The molecule has 0 bridgehead atoms. The summed E-state index contributed by atoms with van der Waals surface area (Å²) in [4.78, 5) is 16.7. The van der Waals surface area contributed by atoms with Gasteiger partial charge in [0.05, 0.1) is 12.1 Å². The number of pyridine rings is 1. The molecule has 0 radical (unpaired) electrons. The summed E-state index contributed by atoms with van der Waals surface area (Å²) in [6, 6.07) is 16.6. The van der Waals surface area contributed by atoms with Crippen molar-refractivity contribution in [3.05, 3.63) is 78.5 Å². The summed E-state index contributed by atoms with van der Waals surface area (Å²) in [5.41, 5.74) is 1.98. The number of imidazole rings is 1. The van der Waals surface area contributed by atoms with E-state index >= 15 is 0 Å². The van der Waals surface area contributed by atoms with E-state index in [1.54, 1.807) is 16.7 Å². The summed E-state index contributed by atoms with van der Waals surface area (Å²) >= 11 is 0. The van der Waals surface area contributed by atoms with Crippen LogP contribution in [0.5, 0.6) is 0 Å². The zero-order chi connectivity index (χ0) is 16.5. The molecule has 2 aromatic carbocycles. The third-order valence-corrected chi connectivity index (χ3v) is 3.87. The molecule has 118 valence electrons. The molecule has 1 N–H and O–H groups in total. The minimum atomic E-state index is -0.341. The third-order valence-electron chi connectivity index (χ3n) is 3.87. The number of aromatic nitrogens is 2. The zero-order valence-corrected chi connectivity index (χ0v) is 12.7. The normalized spacial score (nSPS) is 11.0. The van der Waals surface area contributed by atoms with E-state index in [-0.39, 0.29) is 18.1 Å². The molecule has 2 heterocycles. The molecule has 0 saturated carbocycles. The molecule has 0 aliphatic heterocycles. The average molecular weight is 319 g/mol. The van der Waals surface area contributed by atoms with Crippen LogP contribution in [-0.2, 0) is 11.2 Å². The van der Waals surface area contributed by atoms with Crippen LogP contribution in [0.25, 0.3) is 16.4 Å². The largest absolute Gasteiger partial charge is 0.325 e. The Balaban J connectivity index is 1.57. The van der Waals surface area contributed by atoms with Crippen LogP contribution in [0, 0.1) is 5.82 Å². The predicted molar refractivity (Wildman–Crippen MR) is 91.4 cm³/mol. The van der Waals surface area contributed by atoms with E-state index in [1.165, 1.54) is 12.3 Å². The summed E-state index contributed by atoms with van der Waals surface area (Å²) in [7, 11) is 0.